The lowest BCUT2D eigenvalue weighted by molar-refractivity contribution is -0.141. The first-order chi connectivity index (χ1) is 8.79. The zero-order valence-corrected chi connectivity index (χ0v) is 10.7. The Labute approximate surface area is 113 Å². The highest BCUT2D eigenvalue weighted by atomic mass is 79.9. The van der Waals surface area contributed by atoms with Crippen LogP contribution in [-0.4, -0.2) is 20.9 Å². The van der Waals surface area contributed by atoms with E-state index >= 15 is 0 Å². The molecule has 4 nitrogen and oxygen atoms in total. The lowest BCUT2D eigenvalue weighted by Crippen LogP contribution is -2.09. The first-order valence-electron chi connectivity index (χ1n) is 4.95. The van der Waals surface area contributed by atoms with Crippen molar-refractivity contribution in [3.63, 3.8) is 0 Å². The van der Waals surface area contributed by atoms with Gasteiger partial charge in [-0.05, 0) is 18.2 Å². The molecule has 19 heavy (non-hydrogen) atoms. The number of hydrogen-bond donors (Lipinski definition) is 1. The zero-order valence-electron chi connectivity index (χ0n) is 9.15. The standard InChI is InChI=1S/C11H6BrF3N2O2/c12-6-2-1-3-7(4-6)17-8(10(18)19)5-9(16-17)11(13,14)15/h1-5H,(H,18,19). The van der Waals surface area contributed by atoms with E-state index in [1.165, 1.54) is 12.1 Å². The van der Waals surface area contributed by atoms with Crippen molar-refractivity contribution in [3.8, 4) is 5.69 Å². The van der Waals surface area contributed by atoms with Crippen LogP contribution in [0.15, 0.2) is 34.8 Å². The molecule has 2 aromatic rings. The van der Waals surface area contributed by atoms with Gasteiger partial charge in [0, 0.05) is 10.5 Å². The molecule has 0 aliphatic carbocycles. The Hall–Kier alpha value is -1.83. The average Bonchev–Trinajstić information content (AvgIpc) is 2.73. The molecule has 8 heteroatoms. The van der Waals surface area contributed by atoms with E-state index in [4.69, 9.17) is 5.11 Å². The number of rotatable bonds is 2. The highest BCUT2D eigenvalue weighted by Gasteiger charge is 2.36. The van der Waals surface area contributed by atoms with Crippen LogP contribution < -0.4 is 0 Å². The third-order valence-corrected chi connectivity index (χ3v) is 2.76. The fourth-order valence-electron chi connectivity index (χ4n) is 1.48. The van der Waals surface area contributed by atoms with Crippen LogP contribution in [0.1, 0.15) is 16.2 Å². The number of aromatic carboxylic acids is 1. The summed E-state index contributed by atoms with van der Waals surface area (Å²) in [6, 6.07) is 6.67. The molecule has 2 rings (SSSR count). The molecule has 1 aromatic heterocycles. The van der Waals surface area contributed by atoms with Gasteiger partial charge in [0.1, 0.15) is 0 Å². The van der Waals surface area contributed by atoms with Gasteiger partial charge in [0.05, 0.1) is 5.69 Å². The van der Waals surface area contributed by atoms with E-state index in [0.29, 0.717) is 10.5 Å². The van der Waals surface area contributed by atoms with Gasteiger partial charge in [-0.1, -0.05) is 22.0 Å². The second-order valence-corrected chi connectivity index (χ2v) is 4.53. The Bertz CT molecular complexity index is 637. The van der Waals surface area contributed by atoms with Crippen LogP contribution in [0.25, 0.3) is 5.69 Å². The lowest BCUT2D eigenvalue weighted by atomic mass is 10.3. The molecule has 0 fully saturated rings. The first kappa shape index (κ1) is 13.6. The van der Waals surface area contributed by atoms with Crippen LogP contribution >= 0.6 is 15.9 Å². The second-order valence-electron chi connectivity index (χ2n) is 3.61. The zero-order chi connectivity index (χ0) is 14.2. The first-order valence-corrected chi connectivity index (χ1v) is 5.75. The van der Waals surface area contributed by atoms with Crippen LogP contribution in [0.2, 0.25) is 0 Å². The van der Waals surface area contributed by atoms with E-state index in [1.54, 1.807) is 12.1 Å². The second kappa shape index (κ2) is 4.69. The maximum Gasteiger partial charge on any atom is 0.435 e. The van der Waals surface area contributed by atoms with Crippen LogP contribution in [0.3, 0.4) is 0 Å². The molecule has 1 aromatic carbocycles. The highest BCUT2D eigenvalue weighted by molar-refractivity contribution is 9.10. The quantitative estimate of drug-likeness (QED) is 0.916. The Kier molecular flexibility index (Phi) is 3.36. The summed E-state index contributed by atoms with van der Waals surface area (Å²) < 4.78 is 39.0. The maximum atomic E-state index is 12.6. The van der Waals surface area contributed by atoms with Crippen LogP contribution in [0.5, 0.6) is 0 Å². The van der Waals surface area contributed by atoms with E-state index in [-0.39, 0.29) is 5.69 Å². The molecule has 0 unspecified atom stereocenters. The van der Waals surface area contributed by atoms with Gasteiger partial charge >= 0.3 is 12.1 Å². The van der Waals surface area contributed by atoms with Gasteiger partial charge in [-0.25, -0.2) is 9.48 Å². The Morgan fingerprint density at radius 3 is 2.53 bits per heavy atom. The molecule has 1 N–H and O–H groups in total. The van der Waals surface area contributed by atoms with E-state index in [2.05, 4.69) is 21.0 Å². The van der Waals surface area contributed by atoms with E-state index in [0.717, 1.165) is 4.68 Å². The third kappa shape index (κ3) is 2.78. The van der Waals surface area contributed by atoms with Gasteiger partial charge in [0.25, 0.3) is 0 Å². The number of aromatic nitrogens is 2. The van der Waals surface area contributed by atoms with Gasteiger partial charge in [0.2, 0.25) is 0 Å². The Morgan fingerprint density at radius 2 is 2.00 bits per heavy atom. The van der Waals surface area contributed by atoms with E-state index in [9.17, 15) is 18.0 Å². The summed E-state index contributed by atoms with van der Waals surface area (Å²) in [5.41, 5.74) is -1.57. The number of carboxylic acids is 1. The largest absolute Gasteiger partial charge is 0.477 e. The lowest BCUT2D eigenvalue weighted by Gasteiger charge is -2.05. The molecule has 0 bridgehead atoms. The van der Waals surface area contributed by atoms with Crippen molar-refractivity contribution >= 4 is 21.9 Å². The average molecular weight is 335 g/mol. The minimum Gasteiger partial charge on any atom is -0.477 e. The van der Waals surface area contributed by atoms with Crippen molar-refractivity contribution in [1.29, 1.82) is 0 Å². The van der Waals surface area contributed by atoms with Crippen LogP contribution in [0.4, 0.5) is 13.2 Å². The molecular weight excluding hydrogens is 329 g/mol. The van der Waals surface area contributed by atoms with Crippen molar-refractivity contribution in [2.24, 2.45) is 0 Å². The summed E-state index contributed by atoms with van der Waals surface area (Å²) in [5, 5.41) is 12.2. The van der Waals surface area contributed by atoms with Crippen molar-refractivity contribution in [1.82, 2.24) is 9.78 Å². The summed E-state index contributed by atoms with van der Waals surface area (Å²) in [4.78, 5) is 11.0. The van der Waals surface area contributed by atoms with Gasteiger partial charge in [-0.3, -0.25) is 0 Å². The third-order valence-electron chi connectivity index (χ3n) is 2.27. The molecular formula is C11H6BrF3N2O2. The minimum atomic E-state index is -4.69. The molecule has 0 spiro atoms. The topological polar surface area (TPSA) is 55.1 Å². The van der Waals surface area contributed by atoms with Gasteiger partial charge in [-0.2, -0.15) is 18.3 Å². The van der Waals surface area contributed by atoms with Crippen molar-refractivity contribution in [2.75, 3.05) is 0 Å². The highest BCUT2D eigenvalue weighted by Crippen LogP contribution is 2.29. The summed E-state index contributed by atoms with van der Waals surface area (Å²) in [6.45, 7) is 0. The molecule has 0 saturated heterocycles. The number of carbonyl (C=O) groups is 1. The van der Waals surface area contributed by atoms with Crippen molar-refractivity contribution < 1.29 is 23.1 Å². The van der Waals surface area contributed by atoms with Crippen molar-refractivity contribution in [3.05, 3.63) is 46.2 Å². The normalized spacial score (nSPS) is 11.6. The van der Waals surface area contributed by atoms with E-state index < -0.39 is 23.5 Å². The van der Waals surface area contributed by atoms with Crippen LogP contribution in [0, 0.1) is 0 Å². The number of benzene rings is 1. The van der Waals surface area contributed by atoms with Gasteiger partial charge in [0.15, 0.2) is 11.4 Å². The fraction of sp³-hybridized carbons (Fsp3) is 0.0909. The molecule has 100 valence electrons. The molecule has 0 atom stereocenters. The molecule has 0 aliphatic heterocycles. The number of hydrogen-bond acceptors (Lipinski definition) is 2. The van der Waals surface area contributed by atoms with Crippen molar-refractivity contribution in [2.45, 2.75) is 6.18 Å². The SMILES string of the molecule is O=C(O)c1cc(C(F)(F)F)nn1-c1cccc(Br)c1. The monoisotopic (exact) mass is 334 g/mol. The maximum absolute atomic E-state index is 12.6. The van der Waals surface area contributed by atoms with E-state index in [1.807, 2.05) is 0 Å². The number of halogens is 4. The summed E-state index contributed by atoms with van der Waals surface area (Å²) in [6.07, 6.45) is -4.69. The summed E-state index contributed by atoms with van der Waals surface area (Å²) in [7, 11) is 0. The fourth-order valence-corrected chi connectivity index (χ4v) is 1.86. The molecule has 0 amide bonds. The number of alkyl halides is 3. The Morgan fingerprint density at radius 1 is 1.32 bits per heavy atom. The minimum absolute atomic E-state index is 0.224. The molecule has 0 radical (unpaired) electrons. The number of carboxylic acid groups (broad SMARTS) is 1. The summed E-state index contributed by atoms with van der Waals surface area (Å²) in [5.74, 6) is -1.48. The van der Waals surface area contributed by atoms with Gasteiger partial charge in [-0.15, -0.1) is 0 Å². The van der Waals surface area contributed by atoms with Crippen LogP contribution in [-0.2, 0) is 6.18 Å². The molecule has 0 saturated carbocycles. The molecule has 1 heterocycles. The smallest absolute Gasteiger partial charge is 0.435 e. The summed E-state index contributed by atoms with van der Waals surface area (Å²) >= 11 is 3.16. The Balaban J connectivity index is 2.62. The predicted molar refractivity (Wildman–Crippen MR) is 63.2 cm³/mol. The molecule has 0 aliphatic rings. The predicted octanol–water partition coefficient (Wildman–Crippen LogP) is 3.35. The van der Waals surface area contributed by atoms with Gasteiger partial charge < -0.3 is 5.11 Å². The number of nitrogens with zero attached hydrogens (tertiary/aromatic N) is 2.